The molecule has 1 aliphatic heterocycles. The number of carbonyl (C=O) groups is 2. The summed E-state index contributed by atoms with van der Waals surface area (Å²) in [6, 6.07) is 1.79. The number of hydrogen-bond donors (Lipinski definition) is 2. The fourth-order valence-electron chi connectivity index (χ4n) is 2.20. The van der Waals surface area contributed by atoms with Crippen molar-refractivity contribution in [2.24, 2.45) is 5.92 Å². The molecule has 1 saturated carbocycles. The van der Waals surface area contributed by atoms with Crippen LogP contribution in [0.25, 0.3) is 0 Å². The van der Waals surface area contributed by atoms with Crippen LogP contribution in [0.15, 0.2) is 6.07 Å². The van der Waals surface area contributed by atoms with Crippen LogP contribution in [0.4, 0.5) is 10.6 Å². The van der Waals surface area contributed by atoms with Gasteiger partial charge in [-0.25, -0.2) is 9.78 Å². The highest BCUT2D eigenvalue weighted by Gasteiger charge is 2.30. The average molecular weight is 305 g/mol. The molecule has 0 atom stereocenters. The number of amides is 2. The first-order chi connectivity index (χ1) is 10.5. The molecule has 2 heterocycles. The molecule has 1 aliphatic carbocycles. The zero-order chi connectivity index (χ0) is 16.3. The molecule has 3 rings (SSSR count). The number of nitrogens with zero attached hydrogens (tertiary/aromatic N) is 1. The smallest absolute Gasteiger partial charge is 0.408 e. The monoisotopic (exact) mass is 305 g/mol. The van der Waals surface area contributed by atoms with Crippen LogP contribution in [0, 0.1) is 5.92 Å². The van der Waals surface area contributed by atoms with E-state index in [1.165, 1.54) is 0 Å². The molecule has 0 unspecified atom stereocenters. The first kappa shape index (κ1) is 16.3. The molecule has 2 amide bonds. The van der Waals surface area contributed by atoms with Gasteiger partial charge >= 0.3 is 6.09 Å². The fraction of sp³-hybridized carbons (Fsp3) is 0.562. The van der Waals surface area contributed by atoms with Crippen LogP contribution in [0.5, 0.6) is 5.75 Å². The number of nitrogens with one attached hydrogen (secondary N) is 2. The van der Waals surface area contributed by atoms with Gasteiger partial charge in [0.15, 0.2) is 5.75 Å². The lowest BCUT2D eigenvalue weighted by Gasteiger charge is -2.22. The molecule has 0 radical (unpaired) electrons. The third-order valence-electron chi connectivity index (χ3n) is 3.49. The minimum Gasteiger partial charge on any atom is -0.408 e. The second kappa shape index (κ2) is 6.77. The second-order valence-corrected chi connectivity index (χ2v) is 5.53. The number of ether oxygens (including phenoxy) is 1. The largest absolute Gasteiger partial charge is 0.413 e. The Morgan fingerprint density at radius 3 is 2.68 bits per heavy atom. The quantitative estimate of drug-likeness (QED) is 0.898. The van der Waals surface area contributed by atoms with Crippen molar-refractivity contribution in [1.29, 1.82) is 0 Å². The molecule has 120 valence electrons. The van der Waals surface area contributed by atoms with Crippen LogP contribution in [0.3, 0.4) is 0 Å². The normalized spacial score (nSPS) is 16.0. The summed E-state index contributed by atoms with van der Waals surface area (Å²) in [6.07, 6.45) is 1.44. The molecule has 0 aromatic carbocycles. The van der Waals surface area contributed by atoms with E-state index in [0.717, 1.165) is 18.4 Å². The molecule has 2 aliphatic rings. The maximum Gasteiger partial charge on any atom is 0.413 e. The Morgan fingerprint density at radius 1 is 1.41 bits per heavy atom. The highest BCUT2D eigenvalue weighted by molar-refractivity contribution is 5.93. The van der Waals surface area contributed by atoms with Crippen molar-refractivity contribution >= 4 is 17.8 Å². The molecule has 2 N–H and O–H groups in total. The van der Waals surface area contributed by atoms with Crippen LogP contribution in [0.1, 0.15) is 57.7 Å². The van der Waals surface area contributed by atoms with Crippen LogP contribution in [0.2, 0.25) is 0 Å². The third-order valence-corrected chi connectivity index (χ3v) is 3.49. The molecule has 1 fully saturated rings. The van der Waals surface area contributed by atoms with Gasteiger partial charge in [-0.1, -0.05) is 27.7 Å². The van der Waals surface area contributed by atoms with Gasteiger partial charge in [-0.2, -0.15) is 0 Å². The van der Waals surface area contributed by atoms with Gasteiger partial charge in [0.1, 0.15) is 11.5 Å². The van der Waals surface area contributed by atoms with Crippen molar-refractivity contribution in [2.45, 2.75) is 53.0 Å². The zero-order valence-corrected chi connectivity index (χ0v) is 13.5. The number of rotatable bonds is 3. The van der Waals surface area contributed by atoms with Crippen LogP contribution in [-0.2, 0) is 11.3 Å². The Kier molecular flexibility index (Phi) is 5.00. The van der Waals surface area contributed by atoms with Gasteiger partial charge in [-0.3, -0.25) is 4.79 Å². The summed E-state index contributed by atoms with van der Waals surface area (Å²) in [4.78, 5) is 27.5. The standard InChI is InChI=1S/C14H17N3O3.C2H6/c1-7(2)9-5-11(17-13(18)8-3-4-8)16-10-6-15-14(19)20-12(9)10;1-2/h5,7-8H,3-4,6H2,1-2H3,(H,15,19)(H,16,17,18);1-2H3. The number of pyridine rings is 1. The summed E-state index contributed by atoms with van der Waals surface area (Å²) < 4.78 is 5.22. The fourth-order valence-corrected chi connectivity index (χ4v) is 2.20. The topological polar surface area (TPSA) is 80.3 Å². The Morgan fingerprint density at radius 2 is 2.09 bits per heavy atom. The molecule has 1 aromatic heterocycles. The number of carbonyl (C=O) groups excluding carboxylic acids is 2. The van der Waals surface area contributed by atoms with E-state index < -0.39 is 6.09 Å². The predicted octanol–water partition coefficient (Wildman–Crippen LogP) is 3.18. The van der Waals surface area contributed by atoms with E-state index in [9.17, 15) is 9.59 Å². The molecule has 0 bridgehead atoms. The maximum absolute atomic E-state index is 11.8. The van der Waals surface area contributed by atoms with E-state index in [1.807, 2.05) is 27.7 Å². The molecule has 1 aromatic rings. The minimum atomic E-state index is -0.462. The highest BCUT2D eigenvalue weighted by atomic mass is 16.6. The van der Waals surface area contributed by atoms with Crippen molar-refractivity contribution in [1.82, 2.24) is 10.3 Å². The van der Waals surface area contributed by atoms with E-state index in [1.54, 1.807) is 6.07 Å². The van der Waals surface area contributed by atoms with Crippen molar-refractivity contribution in [2.75, 3.05) is 5.32 Å². The molecular formula is C16H23N3O3. The van der Waals surface area contributed by atoms with Crippen LogP contribution >= 0.6 is 0 Å². The van der Waals surface area contributed by atoms with Gasteiger partial charge in [-0.05, 0) is 24.8 Å². The van der Waals surface area contributed by atoms with E-state index in [0.29, 0.717) is 23.8 Å². The molecule has 0 spiro atoms. The van der Waals surface area contributed by atoms with Gasteiger partial charge in [-0.15, -0.1) is 0 Å². The van der Waals surface area contributed by atoms with Gasteiger partial charge in [0.2, 0.25) is 5.91 Å². The lowest BCUT2D eigenvalue weighted by Crippen LogP contribution is -2.33. The van der Waals surface area contributed by atoms with Crippen molar-refractivity contribution in [3.05, 3.63) is 17.3 Å². The van der Waals surface area contributed by atoms with Crippen LogP contribution < -0.4 is 15.4 Å². The molecule has 0 saturated heterocycles. The number of fused-ring (bicyclic) bond motifs is 1. The first-order valence-corrected chi connectivity index (χ1v) is 7.85. The lowest BCUT2D eigenvalue weighted by molar-refractivity contribution is -0.117. The van der Waals surface area contributed by atoms with Crippen molar-refractivity contribution < 1.29 is 14.3 Å². The van der Waals surface area contributed by atoms with Crippen molar-refractivity contribution in [3.8, 4) is 5.75 Å². The van der Waals surface area contributed by atoms with E-state index in [4.69, 9.17) is 4.74 Å². The Bertz CT molecular complexity index is 580. The molecule has 6 nitrogen and oxygen atoms in total. The number of aromatic nitrogens is 1. The minimum absolute atomic E-state index is 0.0212. The number of hydrogen-bond acceptors (Lipinski definition) is 4. The molecule has 6 heteroatoms. The highest BCUT2D eigenvalue weighted by Crippen LogP contribution is 2.34. The first-order valence-electron chi connectivity index (χ1n) is 7.85. The van der Waals surface area contributed by atoms with Gasteiger partial charge < -0.3 is 15.4 Å². The Balaban J connectivity index is 0.000000847. The third kappa shape index (κ3) is 3.55. The SMILES string of the molecule is CC.CC(C)c1cc(NC(=O)C2CC2)nc2c1OC(=O)NC2. The van der Waals surface area contributed by atoms with E-state index in [2.05, 4.69) is 15.6 Å². The summed E-state index contributed by atoms with van der Waals surface area (Å²) in [5.74, 6) is 1.38. The summed E-state index contributed by atoms with van der Waals surface area (Å²) in [5.41, 5.74) is 1.54. The Hall–Kier alpha value is -2.11. The second-order valence-electron chi connectivity index (χ2n) is 5.53. The average Bonchev–Trinajstić information content (AvgIpc) is 3.33. The van der Waals surface area contributed by atoms with Crippen molar-refractivity contribution in [3.63, 3.8) is 0 Å². The summed E-state index contributed by atoms with van der Waals surface area (Å²) in [6.45, 7) is 8.34. The lowest BCUT2D eigenvalue weighted by atomic mass is 10.0. The predicted molar refractivity (Wildman–Crippen MR) is 83.9 cm³/mol. The maximum atomic E-state index is 11.8. The molecule has 22 heavy (non-hydrogen) atoms. The zero-order valence-electron chi connectivity index (χ0n) is 13.5. The summed E-state index contributed by atoms with van der Waals surface area (Å²) in [7, 11) is 0. The van der Waals surface area contributed by atoms with Gasteiger partial charge in [0.05, 0.1) is 6.54 Å². The van der Waals surface area contributed by atoms with Gasteiger partial charge in [0, 0.05) is 11.5 Å². The van der Waals surface area contributed by atoms with E-state index in [-0.39, 0.29) is 17.7 Å². The van der Waals surface area contributed by atoms with Gasteiger partial charge in [0.25, 0.3) is 0 Å². The summed E-state index contributed by atoms with van der Waals surface area (Å²) in [5, 5.41) is 5.43. The number of anilines is 1. The molecular weight excluding hydrogens is 282 g/mol. The Labute approximate surface area is 130 Å². The van der Waals surface area contributed by atoms with E-state index >= 15 is 0 Å². The summed E-state index contributed by atoms with van der Waals surface area (Å²) >= 11 is 0. The van der Waals surface area contributed by atoms with Crippen LogP contribution in [-0.4, -0.2) is 17.0 Å².